The molecule has 4 atom stereocenters. The summed E-state index contributed by atoms with van der Waals surface area (Å²) in [6.45, 7) is 7.43. The van der Waals surface area contributed by atoms with E-state index in [0.29, 0.717) is 6.42 Å². The predicted octanol–water partition coefficient (Wildman–Crippen LogP) is 3.12. The van der Waals surface area contributed by atoms with E-state index in [1.165, 1.54) is 11.1 Å². The van der Waals surface area contributed by atoms with Crippen LogP contribution in [-0.4, -0.2) is 51.6 Å². The minimum absolute atomic E-state index is 0.0757. The minimum atomic E-state index is -2.43. The van der Waals surface area contributed by atoms with Crippen molar-refractivity contribution in [3.63, 3.8) is 0 Å². The second-order valence-electron chi connectivity index (χ2n) is 7.31. The molecule has 0 radical (unpaired) electrons. The van der Waals surface area contributed by atoms with Crippen molar-refractivity contribution in [3.8, 4) is 0 Å². The molecule has 3 N–H and O–H groups in total. The number of rotatable bonds is 14. The number of ketones is 1. The van der Waals surface area contributed by atoms with E-state index in [0.717, 1.165) is 25.7 Å². The van der Waals surface area contributed by atoms with Gasteiger partial charge in [0.2, 0.25) is 0 Å². The van der Waals surface area contributed by atoms with Crippen molar-refractivity contribution in [1.82, 2.24) is 0 Å². The van der Waals surface area contributed by atoms with Crippen molar-refractivity contribution >= 4 is 19.1 Å². The quantitative estimate of drug-likeness (QED) is 0.234. The minimum Gasteiger partial charge on any atom is -0.394 e. The van der Waals surface area contributed by atoms with Gasteiger partial charge in [-0.1, -0.05) is 34.8 Å². The Labute approximate surface area is 163 Å². The van der Waals surface area contributed by atoms with Crippen molar-refractivity contribution in [3.05, 3.63) is 23.3 Å². The van der Waals surface area contributed by atoms with Gasteiger partial charge in [0.25, 0.3) is 5.78 Å². The summed E-state index contributed by atoms with van der Waals surface area (Å²) in [5.74, 6) is -1.05. The van der Waals surface area contributed by atoms with Crippen LogP contribution in [0.1, 0.15) is 59.8 Å². The highest BCUT2D eigenvalue weighted by molar-refractivity contribution is 7.67. The summed E-state index contributed by atoms with van der Waals surface area (Å²) in [6.07, 6.45) is 5.14. The highest BCUT2D eigenvalue weighted by atomic mass is 31.1. The number of carbonyl (C=O) groups excluding carboxylic acids is 2. The van der Waals surface area contributed by atoms with E-state index < -0.39 is 37.9 Å². The van der Waals surface area contributed by atoms with E-state index in [1.54, 1.807) is 0 Å². The van der Waals surface area contributed by atoms with Gasteiger partial charge in [0, 0.05) is 0 Å². The molecular formula is C20H34O6P+. The first kappa shape index (κ1) is 25.8. The predicted molar refractivity (Wildman–Crippen MR) is 107 cm³/mol. The molecular weight excluding hydrogens is 367 g/mol. The summed E-state index contributed by atoms with van der Waals surface area (Å²) in [5, 5.41) is 27.3. The van der Waals surface area contributed by atoms with Gasteiger partial charge in [-0.25, -0.2) is 4.79 Å². The number of hydrogen-bond donors (Lipinski definition) is 3. The van der Waals surface area contributed by atoms with Crippen molar-refractivity contribution in [2.45, 2.75) is 72.0 Å². The Morgan fingerprint density at radius 3 is 2.22 bits per heavy atom. The lowest BCUT2D eigenvalue weighted by Crippen LogP contribution is -2.39. The molecule has 0 heterocycles. The van der Waals surface area contributed by atoms with Crippen LogP contribution >= 0.6 is 7.80 Å². The molecule has 0 aromatic heterocycles. The first-order chi connectivity index (χ1) is 12.6. The summed E-state index contributed by atoms with van der Waals surface area (Å²) < 4.78 is 12.0. The van der Waals surface area contributed by atoms with Crippen LogP contribution in [0, 0.1) is 5.92 Å². The van der Waals surface area contributed by atoms with E-state index in [4.69, 9.17) is 5.11 Å². The fraction of sp³-hybridized carbons (Fsp3) is 0.700. The van der Waals surface area contributed by atoms with Crippen LogP contribution in [0.15, 0.2) is 23.3 Å². The van der Waals surface area contributed by atoms with Gasteiger partial charge in [0.05, 0.1) is 6.61 Å². The lowest BCUT2D eigenvalue weighted by molar-refractivity contribution is -0.142. The Bertz CT molecular complexity index is 563. The molecule has 0 aliphatic carbocycles. The van der Waals surface area contributed by atoms with Gasteiger partial charge in [0.15, 0.2) is 12.3 Å². The second kappa shape index (κ2) is 13.9. The van der Waals surface area contributed by atoms with Gasteiger partial charge in [-0.05, 0) is 58.8 Å². The number of aliphatic hydroxyl groups is 3. The second-order valence-corrected chi connectivity index (χ2v) is 8.92. The van der Waals surface area contributed by atoms with Gasteiger partial charge in [-0.15, -0.1) is 0 Å². The first-order valence-corrected chi connectivity index (χ1v) is 10.8. The van der Waals surface area contributed by atoms with Gasteiger partial charge in [-0.2, -0.15) is 0 Å². The zero-order chi connectivity index (χ0) is 21.0. The van der Waals surface area contributed by atoms with Crippen LogP contribution in [0.4, 0.5) is 0 Å². The molecule has 27 heavy (non-hydrogen) atoms. The maximum atomic E-state index is 12.0. The largest absolute Gasteiger partial charge is 0.433 e. The van der Waals surface area contributed by atoms with Crippen LogP contribution in [0.25, 0.3) is 0 Å². The average Bonchev–Trinajstić information content (AvgIpc) is 2.63. The topological polar surface area (TPSA) is 112 Å². The molecule has 6 nitrogen and oxygen atoms in total. The van der Waals surface area contributed by atoms with Crippen molar-refractivity contribution < 1.29 is 29.5 Å². The Morgan fingerprint density at radius 2 is 1.67 bits per heavy atom. The van der Waals surface area contributed by atoms with Crippen LogP contribution < -0.4 is 0 Å². The normalized spacial score (nSPS) is 15.7. The molecule has 0 spiro atoms. The third-order valence-electron chi connectivity index (χ3n) is 4.33. The molecule has 0 bridgehead atoms. The van der Waals surface area contributed by atoms with Crippen molar-refractivity contribution in [2.75, 3.05) is 12.8 Å². The Balaban J connectivity index is 4.25. The average molecular weight is 401 g/mol. The van der Waals surface area contributed by atoms with Gasteiger partial charge >= 0.3 is 13.3 Å². The Hall–Kier alpha value is -1.20. The molecule has 0 aliphatic rings. The Morgan fingerprint density at radius 1 is 1.04 bits per heavy atom. The van der Waals surface area contributed by atoms with Gasteiger partial charge in [-0.3, -0.25) is 4.79 Å². The molecule has 0 saturated heterocycles. The molecule has 7 heteroatoms. The van der Waals surface area contributed by atoms with E-state index in [-0.39, 0.29) is 12.1 Å². The summed E-state index contributed by atoms with van der Waals surface area (Å²) in [4.78, 5) is 23.4. The zero-order valence-electron chi connectivity index (χ0n) is 16.9. The fourth-order valence-corrected chi connectivity index (χ4v) is 3.67. The fourth-order valence-electron chi connectivity index (χ4n) is 2.41. The summed E-state index contributed by atoms with van der Waals surface area (Å²) in [5.41, 5.74) is 1.48. The number of carbonyl (C=O) groups is 2. The third kappa shape index (κ3) is 11.3. The van der Waals surface area contributed by atoms with Crippen molar-refractivity contribution in [2.24, 2.45) is 5.92 Å². The van der Waals surface area contributed by atoms with Gasteiger partial charge in [0.1, 0.15) is 6.10 Å². The first-order valence-electron chi connectivity index (χ1n) is 9.38. The molecule has 0 fully saturated rings. The standard InChI is InChI=1S/C20H34O6P/c1-14(2)7-5-8-15(3)9-6-10-16(4)11-12-27(26)20(25)19(24)18(23)17(22)13-21/h7,9,16-18,21-23H,5-6,8,10-13H2,1-4H3/q+1/t16?,17-,18-/m1/s1. The number of Topliss-reactive ketones (excluding diaryl/α,β-unsaturated/α-hetero) is 1. The SMILES string of the molecule is CC(C)=CCCC(C)=CCCC(C)CC[P+](=O)C(=O)C(=O)[C@H](O)[C@H](O)CO. The zero-order valence-corrected chi connectivity index (χ0v) is 17.7. The van der Waals surface area contributed by atoms with E-state index in [2.05, 4.69) is 32.9 Å². The van der Waals surface area contributed by atoms with Crippen LogP contribution in [-0.2, 0) is 14.2 Å². The lowest BCUT2D eigenvalue weighted by Gasteiger charge is -2.10. The van der Waals surface area contributed by atoms with Crippen molar-refractivity contribution in [1.29, 1.82) is 0 Å². The number of allylic oxidation sites excluding steroid dienone is 4. The molecule has 0 aromatic rings. The summed E-state index contributed by atoms with van der Waals surface area (Å²) >= 11 is 0. The maximum Gasteiger partial charge on any atom is 0.433 e. The van der Waals surface area contributed by atoms with Crippen LogP contribution in [0.3, 0.4) is 0 Å². The maximum absolute atomic E-state index is 12.0. The molecule has 154 valence electrons. The van der Waals surface area contributed by atoms with E-state index >= 15 is 0 Å². The number of hydrogen-bond acceptors (Lipinski definition) is 6. The molecule has 0 amide bonds. The molecule has 0 aromatic carbocycles. The van der Waals surface area contributed by atoms with E-state index in [1.807, 2.05) is 6.92 Å². The van der Waals surface area contributed by atoms with Crippen LogP contribution in [0.5, 0.6) is 0 Å². The van der Waals surface area contributed by atoms with Gasteiger partial charge < -0.3 is 15.3 Å². The molecule has 0 saturated carbocycles. The molecule has 0 aliphatic heterocycles. The third-order valence-corrected chi connectivity index (χ3v) is 5.66. The highest BCUT2D eigenvalue weighted by Gasteiger charge is 2.41. The smallest absolute Gasteiger partial charge is 0.394 e. The van der Waals surface area contributed by atoms with Crippen LogP contribution in [0.2, 0.25) is 0 Å². The lowest BCUT2D eigenvalue weighted by atomic mass is 10.0. The molecule has 2 unspecified atom stereocenters. The number of aliphatic hydroxyl groups excluding tert-OH is 3. The summed E-state index contributed by atoms with van der Waals surface area (Å²) in [6, 6.07) is 0. The Kier molecular flexibility index (Phi) is 13.3. The summed E-state index contributed by atoms with van der Waals surface area (Å²) in [7, 11) is -2.43. The monoisotopic (exact) mass is 401 g/mol. The van der Waals surface area contributed by atoms with E-state index in [9.17, 15) is 24.4 Å². The highest BCUT2D eigenvalue weighted by Crippen LogP contribution is 2.27. The molecule has 0 rings (SSSR count).